The van der Waals surface area contributed by atoms with E-state index in [9.17, 15) is 0 Å². The SMILES string of the molecule is CN=C(NCc1ccccc1-c1ccc(Cn2cncn2)cc1)NCC(C)C.I. The minimum atomic E-state index is 0. The zero-order valence-corrected chi connectivity index (χ0v) is 19.5. The van der Waals surface area contributed by atoms with Crippen molar-refractivity contribution in [2.24, 2.45) is 10.9 Å². The van der Waals surface area contributed by atoms with Crippen molar-refractivity contribution >= 4 is 29.9 Å². The molecule has 0 aliphatic carbocycles. The van der Waals surface area contributed by atoms with Gasteiger partial charge in [-0.05, 0) is 28.2 Å². The summed E-state index contributed by atoms with van der Waals surface area (Å²) in [6.07, 6.45) is 3.29. The standard InChI is InChI=1S/C22H28N6.HI/c1-17(2)12-25-22(23-3)26-13-20-6-4-5-7-21(20)19-10-8-18(9-11-19)14-28-16-24-15-27-28;/h4-11,15-17H,12-14H2,1-3H3,(H2,23,25,26);1H. The largest absolute Gasteiger partial charge is 0.356 e. The van der Waals surface area contributed by atoms with Crippen molar-refractivity contribution in [3.63, 3.8) is 0 Å². The first-order valence-electron chi connectivity index (χ1n) is 9.60. The molecule has 0 saturated heterocycles. The van der Waals surface area contributed by atoms with Crippen molar-refractivity contribution in [2.45, 2.75) is 26.9 Å². The summed E-state index contributed by atoms with van der Waals surface area (Å²) in [5.74, 6) is 1.40. The van der Waals surface area contributed by atoms with Gasteiger partial charge >= 0.3 is 0 Å². The van der Waals surface area contributed by atoms with Crippen LogP contribution in [0.3, 0.4) is 0 Å². The summed E-state index contributed by atoms with van der Waals surface area (Å²) in [4.78, 5) is 8.30. The predicted octanol–water partition coefficient (Wildman–Crippen LogP) is 3.93. The first-order valence-corrected chi connectivity index (χ1v) is 9.60. The Kier molecular flexibility index (Phi) is 9.11. The Morgan fingerprint density at radius 1 is 1.07 bits per heavy atom. The summed E-state index contributed by atoms with van der Waals surface area (Å²) in [7, 11) is 1.80. The molecule has 7 heteroatoms. The van der Waals surface area contributed by atoms with E-state index in [1.807, 2.05) is 4.68 Å². The Labute approximate surface area is 189 Å². The minimum absolute atomic E-state index is 0. The molecule has 2 N–H and O–H groups in total. The molecule has 2 aromatic carbocycles. The van der Waals surface area contributed by atoms with Gasteiger partial charge in [-0.25, -0.2) is 9.67 Å². The monoisotopic (exact) mass is 504 g/mol. The fraction of sp³-hybridized carbons (Fsp3) is 0.318. The van der Waals surface area contributed by atoms with Crippen LogP contribution in [-0.4, -0.2) is 34.3 Å². The Morgan fingerprint density at radius 3 is 2.48 bits per heavy atom. The molecule has 0 saturated carbocycles. The summed E-state index contributed by atoms with van der Waals surface area (Å²) in [6.45, 7) is 6.70. The number of nitrogens with one attached hydrogen (secondary N) is 2. The molecule has 1 aromatic heterocycles. The molecule has 3 aromatic rings. The number of rotatable bonds is 7. The molecule has 0 amide bonds. The van der Waals surface area contributed by atoms with Gasteiger partial charge in [0.25, 0.3) is 0 Å². The van der Waals surface area contributed by atoms with E-state index >= 15 is 0 Å². The second-order valence-corrected chi connectivity index (χ2v) is 7.15. The number of aromatic nitrogens is 3. The molecule has 0 aliphatic rings. The maximum Gasteiger partial charge on any atom is 0.191 e. The van der Waals surface area contributed by atoms with Crippen LogP contribution in [0, 0.1) is 5.92 Å². The maximum absolute atomic E-state index is 4.31. The van der Waals surface area contributed by atoms with Gasteiger partial charge in [-0.2, -0.15) is 5.10 Å². The van der Waals surface area contributed by atoms with Gasteiger partial charge < -0.3 is 10.6 Å². The van der Waals surface area contributed by atoms with E-state index in [4.69, 9.17) is 0 Å². The summed E-state index contributed by atoms with van der Waals surface area (Å²) in [5.41, 5.74) is 4.86. The van der Waals surface area contributed by atoms with Gasteiger partial charge in [-0.3, -0.25) is 4.99 Å². The Hall–Kier alpha value is -2.42. The first-order chi connectivity index (χ1) is 13.7. The topological polar surface area (TPSA) is 67.1 Å². The lowest BCUT2D eigenvalue weighted by atomic mass is 9.98. The van der Waals surface area contributed by atoms with Crippen LogP contribution in [0.5, 0.6) is 0 Å². The van der Waals surface area contributed by atoms with E-state index in [0.29, 0.717) is 12.5 Å². The van der Waals surface area contributed by atoms with Crippen LogP contribution in [-0.2, 0) is 13.1 Å². The molecule has 29 heavy (non-hydrogen) atoms. The maximum atomic E-state index is 4.31. The van der Waals surface area contributed by atoms with Crippen LogP contribution >= 0.6 is 24.0 Å². The number of aliphatic imine (C=N–C) groups is 1. The molecule has 1 heterocycles. The highest BCUT2D eigenvalue weighted by molar-refractivity contribution is 14.0. The molecule has 0 aliphatic heterocycles. The molecular weight excluding hydrogens is 475 g/mol. The number of hydrogen-bond acceptors (Lipinski definition) is 3. The molecule has 0 spiro atoms. The molecule has 154 valence electrons. The van der Waals surface area contributed by atoms with Crippen molar-refractivity contribution < 1.29 is 0 Å². The van der Waals surface area contributed by atoms with Crippen LogP contribution in [0.15, 0.2) is 66.2 Å². The fourth-order valence-corrected chi connectivity index (χ4v) is 2.95. The highest BCUT2D eigenvalue weighted by atomic mass is 127. The third-order valence-electron chi connectivity index (χ3n) is 4.44. The highest BCUT2D eigenvalue weighted by Crippen LogP contribution is 2.24. The molecule has 6 nitrogen and oxygen atoms in total. The summed E-state index contributed by atoms with van der Waals surface area (Å²) >= 11 is 0. The minimum Gasteiger partial charge on any atom is -0.356 e. The van der Waals surface area contributed by atoms with Gasteiger partial charge in [0, 0.05) is 20.1 Å². The Morgan fingerprint density at radius 2 is 1.83 bits per heavy atom. The first kappa shape index (κ1) is 22.9. The van der Waals surface area contributed by atoms with Crippen molar-refractivity contribution in [1.82, 2.24) is 25.4 Å². The van der Waals surface area contributed by atoms with E-state index in [1.54, 1.807) is 19.7 Å². The molecular formula is C22H29IN6. The average Bonchev–Trinajstić information content (AvgIpc) is 3.22. The van der Waals surface area contributed by atoms with Crippen LogP contribution in [0.25, 0.3) is 11.1 Å². The van der Waals surface area contributed by atoms with Gasteiger partial charge in [-0.1, -0.05) is 62.4 Å². The summed E-state index contributed by atoms with van der Waals surface area (Å²) in [6, 6.07) is 17.1. The third kappa shape index (κ3) is 6.85. The lowest BCUT2D eigenvalue weighted by Gasteiger charge is -2.15. The summed E-state index contributed by atoms with van der Waals surface area (Å²) < 4.78 is 1.82. The normalized spacial score (nSPS) is 11.2. The van der Waals surface area contributed by atoms with Gasteiger partial charge in [0.1, 0.15) is 12.7 Å². The van der Waals surface area contributed by atoms with E-state index in [-0.39, 0.29) is 24.0 Å². The highest BCUT2D eigenvalue weighted by Gasteiger charge is 2.07. The predicted molar refractivity (Wildman–Crippen MR) is 129 cm³/mol. The van der Waals surface area contributed by atoms with E-state index in [1.165, 1.54) is 22.3 Å². The third-order valence-corrected chi connectivity index (χ3v) is 4.44. The molecule has 0 atom stereocenters. The van der Waals surface area contributed by atoms with Gasteiger partial charge in [0.2, 0.25) is 0 Å². The lowest BCUT2D eigenvalue weighted by Crippen LogP contribution is -2.38. The van der Waals surface area contributed by atoms with E-state index in [0.717, 1.165) is 19.0 Å². The number of benzene rings is 2. The fourth-order valence-electron chi connectivity index (χ4n) is 2.95. The molecule has 0 fully saturated rings. The Balaban J connectivity index is 0.00000300. The second-order valence-electron chi connectivity index (χ2n) is 7.15. The zero-order valence-electron chi connectivity index (χ0n) is 17.2. The van der Waals surface area contributed by atoms with Crippen molar-refractivity contribution in [3.8, 4) is 11.1 Å². The Bertz CT molecular complexity index is 888. The molecule has 3 rings (SSSR count). The number of hydrogen-bond donors (Lipinski definition) is 2. The van der Waals surface area contributed by atoms with Crippen LogP contribution in [0.1, 0.15) is 25.0 Å². The molecule has 0 bridgehead atoms. The number of nitrogens with zero attached hydrogens (tertiary/aromatic N) is 4. The van der Waals surface area contributed by atoms with Crippen molar-refractivity contribution in [3.05, 3.63) is 72.3 Å². The molecule has 0 unspecified atom stereocenters. The number of guanidine groups is 1. The zero-order chi connectivity index (χ0) is 19.8. The number of halogens is 1. The van der Waals surface area contributed by atoms with E-state index in [2.05, 4.69) is 88.1 Å². The van der Waals surface area contributed by atoms with Crippen molar-refractivity contribution in [1.29, 1.82) is 0 Å². The van der Waals surface area contributed by atoms with Crippen LogP contribution < -0.4 is 10.6 Å². The lowest BCUT2D eigenvalue weighted by molar-refractivity contribution is 0.614. The second kappa shape index (κ2) is 11.5. The van der Waals surface area contributed by atoms with Gasteiger partial charge in [0.15, 0.2) is 5.96 Å². The van der Waals surface area contributed by atoms with Crippen LogP contribution in [0.4, 0.5) is 0 Å². The van der Waals surface area contributed by atoms with Crippen molar-refractivity contribution in [2.75, 3.05) is 13.6 Å². The van der Waals surface area contributed by atoms with E-state index < -0.39 is 0 Å². The van der Waals surface area contributed by atoms with Gasteiger partial charge in [0.05, 0.1) is 6.54 Å². The quantitative estimate of drug-likeness (QED) is 0.291. The smallest absolute Gasteiger partial charge is 0.191 e. The molecule has 0 radical (unpaired) electrons. The van der Waals surface area contributed by atoms with Crippen LogP contribution in [0.2, 0.25) is 0 Å². The average molecular weight is 504 g/mol. The van der Waals surface area contributed by atoms with Gasteiger partial charge in [-0.15, -0.1) is 24.0 Å². The summed E-state index contributed by atoms with van der Waals surface area (Å²) in [5, 5.41) is 10.9.